The molecule has 1 N–H and O–H groups in total. The summed E-state index contributed by atoms with van der Waals surface area (Å²) in [5.74, 6) is 1.36. The van der Waals surface area contributed by atoms with Crippen LogP contribution in [0.15, 0.2) is 36.7 Å². The Kier molecular flexibility index (Phi) is 4.29. The SMILES string of the molecule is O=C([C@@H]1CC12CCC2)N1CCC(c2ccc(Nc3ccc(F)cn3)cn2)CC1. The molecule has 3 heterocycles. The first-order valence-corrected chi connectivity index (χ1v) is 10.3. The number of hydrogen-bond acceptors (Lipinski definition) is 4. The van der Waals surface area contributed by atoms with Gasteiger partial charge in [0.2, 0.25) is 5.91 Å². The summed E-state index contributed by atoms with van der Waals surface area (Å²) in [5, 5.41) is 3.13. The number of nitrogens with zero attached hydrogens (tertiary/aromatic N) is 3. The van der Waals surface area contributed by atoms with Gasteiger partial charge in [0.05, 0.1) is 18.1 Å². The Bertz CT molecular complexity index is 855. The van der Waals surface area contributed by atoms with Gasteiger partial charge in [-0.2, -0.15) is 0 Å². The molecule has 1 amide bonds. The molecule has 6 heteroatoms. The molecule has 5 nitrogen and oxygen atoms in total. The first-order chi connectivity index (χ1) is 13.6. The summed E-state index contributed by atoms with van der Waals surface area (Å²) in [6, 6.07) is 7.00. The standard InChI is InChI=1S/C22H25FN4O/c23-16-2-5-20(25-13-16)26-17-3-4-19(24-14-17)15-6-10-27(11-7-15)21(28)18-12-22(18)8-1-9-22/h2-5,13-15,18H,1,6-12H2,(H,25,26)/t18-/m0/s1. The summed E-state index contributed by atoms with van der Waals surface area (Å²) < 4.78 is 12.9. The fourth-order valence-electron chi connectivity index (χ4n) is 4.81. The molecule has 1 spiro atoms. The highest BCUT2D eigenvalue weighted by Crippen LogP contribution is 2.66. The summed E-state index contributed by atoms with van der Waals surface area (Å²) in [6.07, 6.45) is 9.89. The molecule has 28 heavy (non-hydrogen) atoms. The van der Waals surface area contributed by atoms with Gasteiger partial charge in [0, 0.05) is 30.6 Å². The summed E-state index contributed by atoms with van der Waals surface area (Å²) in [7, 11) is 0. The zero-order valence-corrected chi connectivity index (χ0v) is 15.9. The van der Waals surface area contributed by atoms with Crippen molar-refractivity contribution in [3.05, 3.63) is 48.2 Å². The van der Waals surface area contributed by atoms with Crippen molar-refractivity contribution in [3.63, 3.8) is 0 Å². The highest BCUT2D eigenvalue weighted by Gasteiger charge is 2.61. The smallest absolute Gasteiger partial charge is 0.226 e. The number of likely N-dealkylation sites (tertiary alicyclic amines) is 1. The Morgan fingerprint density at radius 3 is 2.50 bits per heavy atom. The van der Waals surface area contributed by atoms with Crippen LogP contribution < -0.4 is 5.32 Å². The second-order valence-corrected chi connectivity index (χ2v) is 8.53. The largest absolute Gasteiger partial charge is 0.342 e. The Labute approximate surface area is 164 Å². The fourth-order valence-corrected chi connectivity index (χ4v) is 4.81. The van der Waals surface area contributed by atoms with Crippen molar-refractivity contribution in [2.45, 2.75) is 44.4 Å². The lowest BCUT2D eigenvalue weighted by atomic mass is 9.79. The number of anilines is 2. The van der Waals surface area contributed by atoms with Crippen LogP contribution in [0.4, 0.5) is 15.9 Å². The number of hydrogen-bond donors (Lipinski definition) is 1. The number of rotatable bonds is 4. The maximum absolute atomic E-state index is 12.9. The van der Waals surface area contributed by atoms with E-state index in [1.807, 2.05) is 12.1 Å². The van der Waals surface area contributed by atoms with Crippen LogP contribution in [0.1, 0.15) is 50.1 Å². The molecule has 1 atom stereocenters. The molecular weight excluding hydrogens is 355 g/mol. The predicted molar refractivity (Wildman–Crippen MR) is 105 cm³/mol. The van der Waals surface area contributed by atoms with Crippen molar-refractivity contribution in [3.8, 4) is 0 Å². The van der Waals surface area contributed by atoms with E-state index in [0.29, 0.717) is 29.0 Å². The highest BCUT2D eigenvalue weighted by atomic mass is 19.1. The molecule has 2 aliphatic carbocycles. The molecule has 3 aliphatic rings. The van der Waals surface area contributed by atoms with Crippen molar-refractivity contribution >= 4 is 17.4 Å². The minimum Gasteiger partial charge on any atom is -0.342 e. The van der Waals surface area contributed by atoms with Crippen LogP contribution in [0.25, 0.3) is 0 Å². The van der Waals surface area contributed by atoms with Gasteiger partial charge in [0.15, 0.2) is 0 Å². The predicted octanol–water partition coefficient (Wildman–Crippen LogP) is 4.26. The van der Waals surface area contributed by atoms with Crippen molar-refractivity contribution in [2.24, 2.45) is 11.3 Å². The van der Waals surface area contributed by atoms with Gasteiger partial charge in [-0.05, 0) is 61.8 Å². The van der Waals surface area contributed by atoms with Gasteiger partial charge >= 0.3 is 0 Å². The lowest BCUT2D eigenvalue weighted by Gasteiger charge is -2.34. The number of carbonyl (C=O) groups excluding carboxylic acids is 1. The highest BCUT2D eigenvalue weighted by molar-refractivity contribution is 5.83. The third kappa shape index (κ3) is 3.25. The topological polar surface area (TPSA) is 58.1 Å². The van der Waals surface area contributed by atoms with E-state index in [0.717, 1.165) is 43.7 Å². The van der Waals surface area contributed by atoms with Gasteiger partial charge in [-0.15, -0.1) is 0 Å². The minimum absolute atomic E-state index is 0.321. The third-order valence-corrected chi connectivity index (χ3v) is 6.85. The third-order valence-electron chi connectivity index (χ3n) is 6.85. The molecular formula is C22H25FN4O. The Hall–Kier alpha value is -2.50. The van der Waals surface area contributed by atoms with E-state index < -0.39 is 0 Å². The first-order valence-electron chi connectivity index (χ1n) is 10.3. The number of carbonyl (C=O) groups is 1. The number of nitrogens with one attached hydrogen (secondary N) is 1. The van der Waals surface area contributed by atoms with Gasteiger partial charge < -0.3 is 10.2 Å². The number of piperidine rings is 1. The minimum atomic E-state index is -0.353. The summed E-state index contributed by atoms with van der Waals surface area (Å²) >= 11 is 0. The second kappa shape index (κ2) is 6.83. The van der Waals surface area contributed by atoms with Crippen LogP contribution in [-0.2, 0) is 4.79 Å². The van der Waals surface area contributed by atoms with Gasteiger partial charge in [-0.1, -0.05) is 6.42 Å². The summed E-state index contributed by atoms with van der Waals surface area (Å²) in [5.41, 5.74) is 2.32. The molecule has 2 aromatic rings. The van der Waals surface area contributed by atoms with Gasteiger partial charge in [-0.25, -0.2) is 9.37 Å². The first kappa shape index (κ1) is 17.6. The number of amides is 1. The lowest BCUT2D eigenvalue weighted by molar-refractivity contribution is -0.135. The average molecular weight is 380 g/mol. The lowest BCUT2D eigenvalue weighted by Crippen LogP contribution is -2.40. The summed E-state index contributed by atoms with van der Waals surface area (Å²) in [6.45, 7) is 1.69. The Balaban J connectivity index is 1.15. The number of pyridine rings is 2. The van der Waals surface area contributed by atoms with E-state index in [1.54, 1.807) is 12.3 Å². The van der Waals surface area contributed by atoms with Crippen LogP contribution in [0.3, 0.4) is 0 Å². The van der Waals surface area contributed by atoms with Crippen LogP contribution in [0, 0.1) is 17.2 Å². The molecule has 0 bridgehead atoms. The van der Waals surface area contributed by atoms with E-state index in [4.69, 9.17) is 0 Å². The second-order valence-electron chi connectivity index (χ2n) is 8.53. The van der Waals surface area contributed by atoms with Gasteiger partial charge in [0.1, 0.15) is 11.6 Å². The van der Waals surface area contributed by atoms with Crippen molar-refractivity contribution in [1.82, 2.24) is 14.9 Å². The average Bonchev–Trinajstić information content (AvgIpc) is 3.47. The molecule has 0 aromatic carbocycles. The van der Waals surface area contributed by atoms with E-state index in [1.165, 1.54) is 31.5 Å². The molecule has 0 radical (unpaired) electrons. The molecule has 2 saturated carbocycles. The van der Waals surface area contributed by atoms with E-state index in [2.05, 4.69) is 20.2 Å². The Morgan fingerprint density at radius 1 is 1.11 bits per heavy atom. The van der Waals surface area contributed by atoms with E-state index in [9.17, 15) is 9.18 Å². The summed E-state index contributed by atoms with van der Waals surface area (Å²) in [4.78, 5) is 23.4. The number of aromatic nitrogens is 2. The maximum Gasteiger partial charge on any atom is 0.226 e. The quantitative estimate of drug-likeness (QED) is 0.861. The molecule has 1 saturated heterocycles. The van der Waals surface area contributed by atoms with Crippen LogP contribution in [0.5, 0.6) is 0 Å². The molecule has 146 valence electrons. The normalized spacial score (nSPS) is 23.3. The van der Waals surface area contributed by atoms with Crippen molar-refractivity contribution in [1.29, 1.82) is 0 Å². The monoisotopic (exact) mass is 380 g/mol. The molecule has 2 aromatic heterocycles. The molecule has 3 fully saturated rings. The molecule has 1 aliphatic heterocycles. The maximum atomic E-state index is 12.9. The zero-order chi connectivity index (χ0) is 19.1. The zero-order valence-electron chi connectivity index (χ0n) is 15.9. The molecule has 0 unspecified atom stereocenters. The molecule has 5 rings (SSSR count). The van der Waals surface area contributed by atoms with Crippen LogP contribution in [0.2, 0.25) is 0 Å². The van der Waals surface area contributed by atoms with Crippen molar-refractivity contribution in [2.75, 3.05) is 18.4 Å². The number of halogens is 1. The van der Waals surface area contributed by atoms with Crippen molar-refractivity contribution < 1.29 is 9.18 Å². The van der Waals surface area contributed by atoms with Gasteiger partial charge in [-0.3, -0.25) is 9.78 Å². The van der Waals surface area contributed by atoms with E-state index in [-0.39, 0.29) is 5.82 Å². The van der Waals surface area contributed by atoms with E-state index >= 15 is 0 Å². The fraction of sp³-hybridized carbons (Fsp3) is 0.500. The van der Waals surface area contributed by atoms with Crippen LogP contribution >= 0.6 is 0 Å². The van der Waals surface area contributed by atoms with Gasteiger partial charge in [0.25, 0.3) is 0 Å². The Morgan fingerprint density at radius 2 is 1.93 bits per heavy atom. The van der Waals surface area contributed by atoms with Crippen LogP contribution in [-0.4, -0.2) is 33.9 Å².